The number of benzene rings is 1. The maximum atomic E-state index is 11.3. The number of hydrogen-bond acceptors (Lipinski definition) is 3. The summed E-state index contributed by atoms with van der Waals surface area (Å²) in [4.78, 5) is 16.4. The number of Topliss-reactive ketones (excluding diaryl/α,β-unsaturated/α-hetero) is 1. The Hall–Kier alpha value is -1.81. The number of fused-ring (bicyclic) bond motifs is 1. The molecule has 2 rings (SSSR count). The highest BCUT2D eigenvalue weighted by Crippen LogP contribution is 2.21. The Morgan fingerprint density at radius 2 is 1.95 bits per heavy atom. The van der Waals surface area contributed by atoms with E-state index in [4.69, 9.17) is 4.74 Å². The quantitative estimate of drug-likeness (QED) is 0.852. The number of hydrogen-bond donors (Lipinski definition) is 1. The first-order valence-corrected chi connectivity index (χ1v) is 6.97. The maximum absolute atomic E-state index is 11.3. The summed E-state index contributed by atoms with van der Waals surface area (Å²) >= 11 is 0. The van der Waals surface area contributed by atoms with Gasteiger partial charge in [0.15, 0.2) is 5.78 Å². The number of nitrogens with zero attached hydrogens (tertiary/aromatic N) is 1. The van der Waals surface area contributed by atoms with Crippen molar-refractivity contribution in [3.63, 3.8) is 0 Å². The van der Waals surface area contributed by atoms with Crippen molar-refractivity contribution in [3.05, 3.63) is 30.0 Å². The van der Waals surface area contributed by atoms with Gasteiger partial charge >= 0.3 is 0 Å². The standard InChI is InChI=1S/C14H18N2O2.C2H6/c1-10(17)14-9-11-8-12(4-5-13(11)15-14)18-7-6-16(2)3;1-2/h4-5,8-9,15H,6-7H2,1-3H3;1-2H3. The van der Waals surface area contributed by atoms with Gasteiger partial charge in [0.1, 0.15) is 12.4 Å². The van der Waals surface area contributed by atoms with Crippen molar-refractivity contribution in [2.24, 2.45) is 0 Å². The fourth-order valence-corrected chi connectivity index (χ4v) is 1.74. The fraction of sp³-hybridized carbons (Fsp3) is 0.438. The molecule has 1 heterocycles. The third-order valence-corrected chi connectivity index (χ3v) is 2.78. The third-order valence-electron chi connectivity index (χ3n) is 2.78. The molecular weight excluding hydrogens is 252 g/mol. The van der Waals surface area contributed by atoms with Gasteiger partial charge in [0, 0.05) is 24.4 Å². The molecule has 0 bridgehead atoms. The highest BCUT2D eigenvalue weighted by molar-refractivity contribution is 5.98. The molecule has 20 heavy (non-hydrogen) atoms. The average molecular weight is 276 g/mol. The van der Waals surface area contributed by atoms with Crippen molar-refractivity contribution in [2.75, 3.05) is 27.2 Å². The van der Waals surface area contributed by atoms with E-state index in [0.29, 0.717) is 12.3 Å². The Balaban J connectivity index is 0.000000956. The second-order valence-corrected chi connectivity index (χ2v) is 4.64. The minimum Gasteiger partial charge on any atom is -0.492 e. The van der Waals surface area contributed by atoms with Crippen LogP contribution in [0.25, 0.3) is 10.9 Å². The number of H-pyrrole nitrogens is 1. The highest BCUT2D eigenvalue weighted by atomic mass is 16.5. The van der Waals surface area contributed by atoms with Crippen molar-refractivity contribution in [1.29, 1.82) is 0 Å². The zero-order chi connectivity index (χ0) is 15.1. The molecule has 2 aromatic rings. The van der Waals surface area contributed by atoms with Crippen LogP contribution in [-0.2, 0) is 0 Å². The van der Waals surface area contributed by atoms with Gasteiger partial charge in [0.2, 0.25) is 0 Å². The van der Waals surface area contributed by atoms with E-state index < -0.39 is 0 Å². The van der Waals surface area contributed by atoms with Gasteiger partial charge in [-0.1, -0.05) is 13.8 Å². The Bertz CT molecular complexity index is 559. The summed E-state index contributed by atoms with van der Waals surface area (Å²) in [6, 6.07) is 7.66. The molecule has 1 aromatic carbocycles. The molecule has 1 N–H and O–H groups in total. The molecule has 4 nitrogen and oxygen atoms in total. The van der Waals surface area contributed by atoms with E-state index in [2.05, 4.69) is 9.88 Å². The highest BCUT2D eigenvalue weighted by Gasteiger charge is 2.05. The molecule has 0 saturated heterocycles. The molecule has 0 fully saturated rings. The average Bonchev–Trinajstić information content (AvgIpc) is 2.84. The lowest BCUT2D eigenvalue weighted by Crippen LogP contribution is -2.19. The number of ether oxygens (including phenoxy) is 1. The zero-order valence-corrected chi connectivity index (χ0v) is 13.0. The summed E-state index contributed by atoms with van der Waals surface area (Å²) in [5.74, 6) is 0.875. The molecule has 1 aromatic heterocycles. The van der Waals surface area contributed by atoms with Crippen molar-refractivity contribution in [3.8, 4) is 5.75 Å². The first kappa shape index (κ1) is 16.2. The fourth-order valence-electron chi connectivity index (χ4n) is 1.74. The normalized spacial score (nSPS) is 10.3. The van der Waals surface area contributed by atoms with Crippen LogP contribution in [0.3, 0.4) is 0 Å². The molecule has 0 aliphatic rings. The van der Waals surface area contributed by atoms with Crippen LogP contribution in [0.1, 0.15) is 31.3 Å². The van der Waals surface area contributed by atoms with Gasteiger partial charge in [-0.25, -0.2) is 0 Å². The van der Waals surface area contributed by atoms with Crippen molar-refractivity contribution < 1.29 is 9.53 Å². The molecule has 110 valence electrons. The van der Waals surface area contributed by atoms with Gasteiger partial charge < -0.3 is 14.6 Å². The number of likely N-dealkylation sites (N-methyl/N-ethyl adjacent to an activating group) is 1. The van der Waals surface area contributed by atoms with E-state index >= 15 is 0 Å². The zero-order valence-electron chi connectivity index (χ0n) is 13.0. The van der Waals surface area contributed by atoms with Gasteiger partial charge in [-0.15, -0.1) is 0 Å². The van der Waals surface area contributed by atoms with Crippen LogP contribution in [0.2, 0.25) is 0 Å². The van der Waals surface area contributed by atoms with Crippen molar-refractivity contribution in [1.82, 2.24) is 9.88 Å². The number of nitrogens with one attached hydrogen (secondary N) is 1. The molecule has 0 aliphatic heterocycles. The topological polar surface area (TPSA) is 45.3 Å². The summed E-state index contributed by atoms with van der Waals surface area (Å²) in [5, 5.41) is 1.00. The minimum absolute atomic E-state index is 0.0428. The van der Waals surface area contributed by atoms with E-state index in [1.165, 1.54) is 0 Å². The first-order valence-electron chi connectivity index (χ1n) is 6.97. The molecule has 0 saturated carbocycles. The third kappa shape index (κ3) is 4.38. The SMILES string of the molecule is CC.CC(=O)c1cc2cc(OCCN(C)C)ccc2[nH]1. The number of carbonyl (C=O) groups excluding carboxylic acids is 1. The lowest BCUT2D eigenvalue weighted by molar-refractivity contribution is 0.101. The van der Waals surface area contributed by atoms with Crippen molar-refractivity contribution in [2.45, 2.75) is 20.8 Å². The van der Waals surface area contributed by atoms with E-state index in [1.54, 1.807) is 6.92 Å². The summed E-state index contributed by atoms with van der Waals surface area (Å²) in [5.41, 5.74) is 1.59. The lowest BCUT2D eigenvalue weighted by atomic mass is 10.2. The molecule has 0 amide bonds. The van der Waals surface area contributed by atoms with Crippen LogP contribution in [-0.4, -0.2) is 42.9 Å². The number of ketones is 1. The monoisotopic (exact) mass is 276 g/mol. The molecule has 0 spiro atoms. The van der Waals surface area contributed by atoms with Crippen LogP contribution in [0.5, 0.6) is 5.75 Å². The van der Waals surface area contributed by atoms with Crippen molar-refractivity contribution >= 4 is 16.7 Å². The smallest absolute Gasteiger partial charge is 0.175 e. The Kier molecular flexibility index (Phi) is 6.25. The van der Waals surface area contributed by atoms with Gasteiger partial charge in [-0.3, -0.25) is 4.79 Å². The maximum Gasteiger partial charge on any atom is 0.175 e. The number of aromatic nitrogens is 1. The molecule has 0 radical (unpaired) electrons. The summed E-state index contributed by atoms with van der Waals surface area (Å²) in [6.45, 7) is 7.09. The first-order chi connectivity index (χ1) is 9.56. The van der Waals surface area contributed by atoms with Gasteiger partial charge in [0.25, 0.3) is 0 Å². The largest absolute Gasteiger partial charge is 0.492 e. The van der Waals surface area contributed by atoms with E-state index in [-0.39, 0.29) is 5.78 Å². The lowest BCUT2D eigenvalue weighted by Gasteiger charge is -2.10. The molecule has 4 heteroatoms. The minimum atomic E-state index is 0.0428. The summed E-state index contributed by atoms with van der Waals surface area (Å²) < 4.78 is 5.65. The predicted molar refractivity (Wildman–Crippen MR) is 83.7 cm³/mol. The van der Waals surface area contributed by atoms with E-state index in [9.17, 15) is 4.79 Å². The molecule has 0 unspecified atom stereocenters. The second-order valence-electron chi connectivity index (χ2n) is 4.64. The summed E-state index contributed by atoms with van der Waals surface area (Å²) in [7, 11) is 4.02. The predicted octanol–water partition coefficient (Wildman–Crippen LogP) is 3.34. The van der Waals surface area contributed by atoms with Crippen LogP contribution in [0.4, 0.5) is 0 Å². The molecule has 0 aliphatic carbocycles. The Morgan fingerprint density at radius 3 is 2.55 bits per heavy atom. The van der Waals surface area contributed by atoms with Gasteiger partial charge in [-0.2, -0.15) is 0 Å². The van der Waals surface area contributed by atoms with Crippen LogP contribution >= 0.6 is 0 Å². The van der Waals surface area contributed by atoms with Crippen LogP contribution < -0.4 is 4.74 Å². The summed E-state index contributed by atoms with van der Waals surface area (Å²) in [6.07, 6.45) is 0. The van der Waals surface area contributed by atoms with Gasteiger partial charge in [0.05, 0.1) is 5.69 Å². The van der Waals surface area contributed by atoms with Crippen LogP contribution in [0, 0.1) is 0 Å². The van der Waals surface area contributed by atoms with E-state index in [1.807, 2.05) is 52.2 Å². The van der Waals surface area contributed by atoms with E-state index in [0.717, 1.165) is 23.2 Å². The molecule has 0 atom stereocenters. The Morgan fingerprint density at radius 1 is 1.25 bits per heavy atom. The van der Waals surface area contributed by atoms with Gasteiger partial charge in [-0.05, 0) is 38.4 Å². The van der Waals surface area contributed by atoms with Crippen LogP contribution in [0.15, 0.2) is 24.3 Å². The Labute approximate surface area is 120 Å². The number of rotatable bonds is 5. The molecular formula is C16H24N2O2. The number of carbonyl (C=O) groups is 1. The number of aromatic amines is 1. The second kappa shape index (κ2) is 7.70.